The van der Waals surface area contributed by atoms with Crippen LogP contribution in [0.15, 0.2) is 77.4 Å². The molecule has 11 heteroatoms. The van der Waals surface area contributed by atoms with Crippen molar-refractivity contribution in [3.05, 3.63) is 83.1 Å². The third-order valence-electron chi connectivity index (χ3n) is 7.61. The molecule has 2 N–H and O–H groups in total. The predicted octanol–water partition coefficient (Wildman–Crippen LogP) is 3.35. The zero-order valence-corrected chi connectivity index (χ0v) is 23.5. The van der Waals surface area contributed by atoms with E-state index in [0.717, 1.165) is 0 Å². The molecular weight excluding hydrogens is 520 g/mol. The molecule has 1 unspecified atom stereocenters. The van der Waals surface area contributed by atoms with E-state index in [0.29, 0.717) is 41.3 Å². The van der Waals surface area contributed by atoms with Gasteiger partial charge in [0.25, 0.3) is 5.91 Å². The first-order chi connectivity index (χ1) is 19.6. The SMILES string of the molecule is CN(C)C(C)(C)C=C(C#N)C(=O)N1CCC1Cn1c(=O)n(-c2ccc(Oc3ccccc3)cc2)c2c(N)ncnc21. The first-order valence-corrected chi connectivity index (χ1v) is 13.3. The number of likely N-dealkylation sites (tertiary alicyclic amines) is 1. The number of nitriles is 1. The molecular formula is C30H32N8O3. The molecule has 0 radical (unpaired) electrons. The average Bonchev–Trinajstić information content (AvgIpc) is 3.22. The molecule has 2 aromatic heterocycles. The normalized spacial score (nSPS) is 15.6. The molecule has 1 aliphatic rings. The molecule has 3 heterocycles. The summed E-state index contributed by atoms with van der Waals surface area (Å²) in [5.41, 5.74) is 6.81. The van der Waals surface area contributed by atoms with E-state index in [-0.39, 0.29) is 35.6 Å². The number of ether oxygens (including phenoxy) is 1. The second-order valence-corrected chi connectivity index (χ2v) is 10.7. The van der Waals surface area contributed by atoms with Crippen LogP contribution in [0.25, 0.3) is 16.9 Å². The Morgan fingerprint density at radius 2 is 1.83 bits per heavy atom. The standard InChI is InChI=1S/C30H32N8O3/c1-30(2,35(3)4)16-20(17-31)28(39)36-15-14-22(36)18-37-27-25(26(32)33-19-34-27)38(29(37)40)21-10-12-24(13-11-21)41-23-8-6-5-7-9-23/h5-13,16,19,22H,14-15,18H2,1-4H3,(H2,32,33,34). The van der Waals surface area contributed by atoms with E-state index in [2.05, 4.69) is 16.0 Å². The quantitative estimate of drug-likeness (QED) is 0.260. The Hall–Kier alpha value is -4.95. The highest BCUT2D eigenvalue weighted by Crippen LogP contribution is 2.27. The number of amides is 1. The summed E-state index contributed by atoms with van der Waals surface area (Å²) in [7, 11) is 3.78. The van der Waals surface area contributed by atoms with Crippen molar-refractivity contribution in [2.75, 3.05) is 26.4 Å². The maximum absolute atomic E-state index is 13.8. The van der Waals surface area contributed by atoms with Gasteiger partial charge in [0.2, 0.25) is 0 Å². The number of carbonyl (C=O) groups excluding carboxylic acids is 1. The predicted molar refractivity (Wildman–Crippen MR) is 156 cm³/mol. The lowest BCUT2D eigenvalue weighted by Crippen LogP contribution is -2.54. The molecule has 1 aliphatic heterocycles. The van der Waals surface area contributed by atoms with Gasteiger partial charge in [-0.1, -0.05) is 18.2 Å². The van der Waals surface area contributed by atoms with E-state index in [9.17, 15) is 14.9 Å². The number of nitrogens with two attached hydrogens (primary N) is 1. The van der Waals surface area contributed by atoms with Crippen LogP contribution in [-0.2, 0) is 11.3 Å². The van der Waals surface area contributed by atoms with Gasteiger partial charge in [-0.15, -0.1) is 0 Å². The summed E-state index contributed by atoms with van der Waals surface area (Å²) < 4.78 is 8.88. The van der Waals surface area contributed by atoms with E-state index >= 15 is 0 Å². The van der Waals surface area contributed by atoms with Gasteiger partial charge in [-0.2, -0.15) is 5.26 Å². The van der Waals surface area contributed by atoms with Crippen LogP contribution in [0, 0.1) is 11.3 Å². The molecule has 0 spiro atoms. The number of para-hydroxylation sites is 1. The number of anilines is 1. The second kappa shape index (κ2) is 10.9. The summed E-state index contributed by atoms with van der Waals surface area (Å²) >= 11 is 0. The van der Waals surface area contributed by atoms with E-state index in [1.54, 1.807) is 35.2 Å². The van der Waals surface area contributed by atoms with Gasteiger partial charge < -0.3 is 20.3 Å². The number of fused-ring (bicyclic) bond motifs is 1. The number of hydrogen-bond donors (Lipinski definition) is 1. The van der Waals surface area contributed by atoms with Gasteiger partial charge in [0.05, 0.1) is 11.7 Å². The van der Waals surface area contributed by atoms with Crippen LogP contribution < -0.4 is 16.2 Å². The van der Waals surface area contributed by atoms with Crippen molar-refractivity contribution >= 4 is 22.9 Å². The molecule has 1 saturated heterocycles. The topological polar surface area (TPSA) is 135 Å². The second-order valence-electron chi connectivity index (χ2n) is 10.7. The fraction of sp³-hybridized carbons (Fsp3) is 0.300. The van der Waals surface area contributed by atoms with Crippen LogP contribution in [0.1, 0.15) is 20.3 Å². The summed E-state index contributed by atoms with van der Waals surface area (Å²) in [5, 5.41) is 9.75. The lowest BCUT2D eigenvalue weighted by Gasteiger charge is -2.41. The van der Waals surface area contributed by atoms with Gasteiger partial charge in [0.1, 0.15) is 35.0 Å². The highest BCUT2D eigenvalue weighted by Gasteiger charge is 2.36. The summed E-state index contributed by atoms with van der Waals surface area (Å²) in [6.45, 7) is 4.57. The Bertz CT molecular complexity index is 1710. The Labute approximate surface area is 237 Å². The largest absolute Gasteiger partial charge is 0.457 e. The molecule has 2 aromatic carbocycles. The third-order valence-corrected chi connectivity index (χ3v) is 7.61. The Morgan fingerprint density at radius 1 is 1.15 bits per heavy atom. The molecule has 0 aliphatic carbocycles. The number of aromatic nitrogens is 4. The van der Waals surface area contributed by atoms with Crippen LogP contribution in [0.3, 0.4) is 0 Å². The van der Waals surface area contributed by atoms with Gasteiger partial charge in [-0.05, 0) is 76.8 Å². The number of rotatable bonds is 8. The van der Waals surface area contributed by atoms with Gasteiger partial charge in [0.15, 0.2) is 11.5 Å². The van der Waals surface area contributed by atoms with Crippen molar-refractivity contribution in [3.63, 3.8) is 0 Å². The van der Waals surface area contributed by atoms with Gasteiger partial charge in [0, 0.05) is 18.6 Å². The van der Waals surface area contributed by atoms with Crippen LogP contribution in [0.5, 0.6) is 11.5 Å². The number of carbonyl (C=O) groups is 1. The minimum Gasteiger partial charge on any atom is -0.457 e. The molecule has 210 valence electrons. The Kier molecular flexibility index (Phi) is 7.34. The molecule has 1 fully saturated rings. The number of nitrogens with zero attached hydrogens (tertiary/aromatic N) is 7. The molecule has 1 amide bonds. The number of likely N-dealkylation sites (N-methyl/N-ethyl adjacent to an activating group) is 1. The van der Waals surface area contributed by atoms with Gasteiger partial charge in [-0.3, -0.25) is 13.9 Å². The Balaban J connectivity index is 1.45. The smallest absolute Gasteiger partial charge is 0.335 e. The monoisotopic (exact) mass is 552 g/mol. The van der Waals surface area contributed by atoms with Gasteiger partial charge >= 0.3 is 5.69 Å². The number of benzene rings is 2. The molecule has 11 nitrogen and oxygen atoms in total. The maximum Gasteiger partial charge on any atom is 0.335 e. The van der Waals surface area contributed by atoms with Crippen molar-refractivity contribution in [1.82, 2.24) is 28.9 Å². The van der Waals surface area contributed by atoms with E-state index < -0.39 is 5.54 Å². The zero-order chi connectivity index (χ0) is 29.3. The van der Waals surface area contributed by atoms with Crippen molar-refractivity contribution in [1.29, 1.82) is 5.26 Å². The van der Waals surface area contributed by atoms with E-state index in [1.807, 2.05) is 63.2 Å². The number of imidazole rings is 1. The molecule has 0 saturated carbocycles. The van der Waals surface area contributed by atoms with Gasteiger partial charge in [-0.25, -0.2) is 14.8 Å². The fourth-order valence-corrected chi connectivity index (χ4v) is 4.68. The summed E-state index contributed by atoms with van der Waals surface area (Å²) in [4.78, 5) is 39.2. The molecule has 41 heavy (non-hydrogen) atoms. The molecule has 4 aromatic rings. The number of hydrogen-bond acceptors (Lipinski definition) is 8. The van der Waals surface area contributed by atoms with Crippen molar-refractivity contribution in [2.24, 2.45) is 0 Å². The highest BCUT2D eigenvalue weighted by molar-refractivity contribution is 5.98. The lowest BCUT2D eigenvalue weighted by molar-refractivity contribution is -0.134. The van der Waals surface area contributed by atoms with E-state index in [1.165, 1.54) is 15.5 Å². The fourth-order valence-electron chi connectivity index (χ4n) is 4.68. The molecule has 0 bridgehead atoms. The average molecular weight is 553 g/mol. The van der Waals surface area contributed by atoms with Crippen molar-refractivity contribution < 1.29 is 9.53 Å². The lowest BCUT2D eigenvalue weighted by atomic mass is 9.97. The minimum atomic E-state index is -0.485. The van der Waals surface area contributed by atoms with Crippen LogP contribution >= 0.6 is 0 Å². The first kappa shape index (κ1) is 27.6. The summed E-state index contributed by atoms with van der Waals surface area (Å²) in [6.07, 6.45) is 3.69. The molecule has 1 atom stereocenters. The summed E-state index contributed by atoms with van der Waals surface area (Å²) in [6, 6.07) is 18.3. The minimum absolute atomic E-state index is 0.0764. The van der Waals surface area contributed by atoms with E-state index in [4.69, 9.17) is 10.5 Å². The summed E-state index contributed by atoms with van der Waals surface area (Å²) in [5.74, 6) is 1.13. The van der Waals surface area contributed by atoms with Crippen LogP contribution in [-0.4, -0.2) is 67.0 Å². The first-order valence-electron chi connectivity index (χ1n) is 13.3. The molecule has 5 rings (SSSR count). The van der Waals surface area contributed by atoms with Crippen molar-refractivity contribution in [2.45, 2.75) is 38.4 Å². The maximum atomic E-state index is 13.8. The number of nitrogen functional groups attached to an aromatic ring is 1. The van der Waals surface area contributed by atoms with Crippen LogP contribution in [0.4, 0.5) is 5.82 Å². The third kappa shape index (κ3) is 5.29. The van der Waals surface area contributed by atoms with Crippen LogP contribution in [0.2, 0.25) is 0 Å². The van der Waals surface area contributed by atoms with Crippen molar-refractivity contribution in [3.8, 4) is 23.3 Å². The zero-order valence-electron chi connectivity index (χ0n) is 23.5. The Morgan fingerprint density at radius 3 is 2.44 bits per heavy atom. The highest BCUT2D eigenvalue weighted by atomic mass is 16.5.